The Morgan fingerprint density at radius 2 is 1.00 bits per heavy atom. The van der Waals surface area contributed by atoms with Crippen molar-refractivity contribution in [3.05, 3.63) is 180 Å². The predicted molar refractivity (Wildman–Crippen MR) is 172 cm³/mol. The summed E-state index contributed by atoms with van der Waals surface area (Å²) in [5.74, 6) is 1.83. The molecule has 2 aliphatic rings. The molecule has 7 aromatic rings. The Bertz CT molecular complexity index is 2130. The lowest BCUT2D eigenvalue weighted by atomic mass is 9.67. The average Bonchev–Trinajstić information content (AvgIpc) is 3.36. The summed E-state index contributed by atoms with van der Waals surface area (Å²) in [6.07, 6.45) is 0. The Morgan fingerprint density at radius 1 is 0.381 bits per heavy atom. The minimum atomic E-state index is -0.414. The molecule has 0 saturated carbocycles. The van der Waals surface area contributed by atoms with Crippen LogP contribution in [-0.4, -0.2) is 0 Å². The third-order valence-corrected chi connectivity index (χ3v) is 9.12. The second kappa shape index (κ2) is 8.80. The zero-order chi connectivity index (χ0) is 27.7. The van der Waals surface area contributed by atoms with Crippen molar-refractivity contribution in [3.8, 4) is 44.9 Å². The first-order valence-corrected chi connectivity index (χ1v) is 14.5. The highest BCUT2D eigenvalue weighted by Gasteiger charge is 2.45. The van der Waals surface area contributed by atoms with Gasteiger partial charge in [0.05, 0.1) is 5.41 Å². The van der Waals surface area contributed by atoms with Crippen molar-refractivity contribution in [2.24, 2.45) is 0 Å². The van der Waals surface area contributed by atoms with Gasteiger partial charge in [-0.25, -0.2) is 0 Å². The summed E-state index contributed by atoms with van der Waals surface area (Å²) in [6.45, 7) is 0. The van der Waals surface area contributed by atoms with Crippen molar-refractivity contribution in [2.75, 3.05) is 0 Å². The number of hydrogen-bond donors (Lipinski definition) is 0. The van der Waals surface area contributed by atoms with Crippen LogP contribution in [0.2, 0.25) is 0 Å². The molecule has 42 heavy (non-hydrogen) atoms. The molecule has 196 valence electrons. The smallest absolute Gasteiger partial charge is 0.135 e. The SMILES string of the molecule is c1ccc(C2(c3cccc(-c4cc5c6c(cccc6c4)Oc4ccccc4-5)c3)c3ccccc3-c3ccccc32)cc1. The van der Waals surface area contributed by atoms with Gasteiger partial charge < -0.3 is 4.74 Å². The average molecular weight is 535 g/mol. The monoisotopic (exact) mass is 534 g/mol. The number of para-hydroxylation sites is 1. The summed E-state index contributed by atoms with van der Waals surface area (Å²) in [5.41, 5.74) is 12.2. The molecule has 0 spiro atoms. The van der Waals surface area contributed by atoms with Gasteiger partial charge in [0.25, 0.3) is 0 Å². The van der Waals surface area contributed by atoms with Crippen molar-refractivity contribution in [3.63, 3.8) is 0 Å². The van der Waals surface area contributed by atoms with Crippen LogP contribution in [0.4, 0.5) is 0 Å². The van der Waals surface area contributed by atoms with E-state index in [1.165, 1.54) is 60.8 Å². The van der Waals surface area contributed by atoms with Crippen LogP contribution in [0.1, 0.15) is 22.3 Å². The highest BCUT2D eigenvalue weighted by Crippen LogP contribution is 2.56. The topological polar surface area (TPSA) is 9.23 Å². The molecule has 0 aromatic heterocycles. The number of ether oxygens (including phenoxy) is 1. The van der Waals surface area contributed by atoms with Crippen molar-refractivity contribution in [2.45, 2.75) is 5.41 Å². The quantitative estimate of drug-likeness (QED) is 0.219. The molecule has 0 amide bonds. The zero-order valence-corrected chi connectivity index (χ0v) is 22.9. The maximum Gasteiger partial charge on any atom is 0.135 e. The molecule has 0 atom stereocenters. The molecule has 0 radical (unpaired) electrons. The van der Waals surface area contributed by atoms with Crippen LogP contribution in [0.3, 0.4) is 0 Å². The van der Waals surface area contributed by atoms with E-state index in [0.717, 1.165) is 17.1 Å². The lowest BCUT2D eigenvalue weighted by Crippen LogP contribution is -2.28. The van der Waals surface area contributed by atoms with Gasteiger partial charge in [-0.15, -0.1) is 0 Å². The summed E-state index contributed by atoms with van der Waals surface area (Å²) < 4.78 is 6.31. The van der Waals surface area contributed by atoms with E-state index in [1.54, 1.807) is 0 Å². The summed E-state index contributed by atoms with van der Waals surface area (Å²) >= 11 is 0. The molecule has 0 N–H and O–H groups in total. The van der Waals surface area contributed by atoms with Gasteiger partial charge in [-0.3, -0.25) is 0 Å². The van der Waals surface area contributed by atoms with Crippen LogP contribution in [0.15, 0.2) is 158 Å². The van der Waals surface area contributed by atoms with Crippen molar-refractivity contribution in [1.29, 1.82) is 0 Å². The number of hydrogen-bond acceptors (Lipinski definition) is 1. The van der Waals surface area contributed by atoms with Gasteiger partial charge >= 0.3 is 0 Å². The van der Waals surface area contributed by atoms with E-state index in [0.29, 0.717) is 0 Å². The van der Waals surface area contributed by atoms with E-state index in [1.807, 2.05) is 6.07 Å². The Morgan fingerprint density at radius 3 is 1.79 bits per heavy atom. The molecule has 1 aliphatic heterocycles. The Kier molecular flexibility index (Phi) is 4.88. The highest BCUT2D eigenvalue weighted by molar-refractivity contribution is 6.06. The summed E-state index contributed by atoms with van der Waals surface area (Å²) in [6, 6.07) is 57.4. The normalized spacial score (nSPS) is 13.6. The number of fused-ring (bicyclic) bond motifs is 5. The minimum absolute atomic E-state index is 0.414. The van der Waals surface area contributed by atoms with E-state index in [4.69, 9.17) is 4.74 Å². The molecule has 0 bridgehead atoms. The van der Waals surface area contributed by atoms with Crippen LogP contribution in [0.25, 0.3) is 44.2 Å². The van der Waals surface area contributed by atoms with Gasteiger partial charge in [0.1, 0.15) is 11.5 Å². The van der Waals surface area contributed by atoms with Gasteiger partial charge in [0, 0.05) is 10.9 Å². The third-order valence-electron chi connectivity index (χ3n) is 9.12. The van der Waals surface area contributed by atoms with Gasteiger partial charge in [-0.2, -0.15) is 0 Å². The fourth-order valence-corrected chi connectivity index (χ4v) is 7.40. The first-order valence-electron chi connectivity index (χ1n) is 14.5. The maximum absolute atomic E-state index is 6.31. The lowest BCUT2D eigenvalue weighted by molar-refractivity contribution is 0.487. The first kappa shape index (κ1) is 23.3. The van der Waals surface area contributed by atoms with Crippen LogP contribution in [-0.2, 0) is 5.41 Å². The predicted octanol–water partition coefficient (Wildman–Crippen LogP) is 10.6. The summed E-state index contributed by atoms with van der Waals surface area (Å²) in [5, 5.41) is 2.37. The Hall–Kier alpha value is -5.40. The third kappa shape index (κ3) is 3.14. The molecule has 0 saturated heterocycles. The second-order valence-corrected chi connectivity index (χ2v) is 11.3. The highest BCUT2D eigenvalue weighted by atomic mass is 16.5. The lowest BCUT2D eigenvalue weighted by Gasteiger charge is -2.34. The minimum Gasteiger partial charge on any atom is -0.456 e. The molecule has 7 aromatic carbocycles. The van der Waals surface area contributed by atoms with Crippen LogP contribution >= 0.6 is 0 Å². The van der Waals surface area contributed by atoms with Gasteiger partial charge in [0.15, 0.2) is 0 Å². The van der Waals surface area contributed by atoms with Gasteiger partial charge in [-0.1, -0.05) is 127 Å². The standard InChI is InChI=1S/C41H26O/c1-2-14-30(15-3-1)41(36-20-7-4-17-32(36)33-18-5-8-21-37(33)41)31-16-10-12-27(25-31)29-24-28-13-11-23-39-40(28)35(26-29)34-19-6-9-22-38(34)42-39/h1-26H. The van der Waals surface area contributed by atoms with Crippen LogP contribution in [0.5, 0.6) is 11.5 Å². The molecule has 9 rings (SSSR count). The van der Waals surface area contributed by atoms with E-state index >= 15 is 0 Å². The second-order valence-electron chi connectivity index (χ2n) is 11.3. The molecular weight excluding hydrogens is 508 g/mol. The molecule has 1 heterocycles. The van der Waals surface area contributed by atoms with Crippen molar-refractivity contribution >= 4 is 10.8 Å². The summed E-state index contributed by atoms with van der Waals surface area (Å²) in [7, 11) is 0. The molecule has 1 heteroatoms. The molecular formula is C41H26O. The van der Waals surface area contributed by atoms with Crippen LogP contribution in [0, 0.1) is 0 Å². The van der Waals surface area contributed by atoms with E-state index in [-0.39, 0.29) is 0 Å². The number of benzene rings is 7. The Labute approximate surface area is 245 Å². The Balaban J connectivity index is 1.32. The van der Waals surface area contributed by atoms with Gasteiger partial charge in [0.2, 0.25) is 0 Å². The maximum atomic E-state index is 6.31. The van der Waals surface area contributed by atoms with E-state index in [9.17, 15) is 0 Å². The van der Waals surface area contributed by atoms with Gasteiger partial charge in [-0.05, 0) is 85.8 Å². The van der Waals surface area contributed by atoms with E-state index in [2.05, 4.69) is 152 Å². The summed E-state index contributed by atoms with van der Waals surface area (Å²) in [4.78, 5) is 0. The van der Waals surface area contributed by atoms with Crippen molar-refractivity contribution < 1.29 is 4.74 Å². The zero-order valence-electron chi connectivity index (χ0n) is 22.9. The first-order chi connectivity index (χ1) is 20.8. The largest absolute Gasteiger partial charge is 0.456 e. The van der Waals surface area contributed by atoms with Crippen molar-refractivity contribution in [1.82, 2.24) is 0 Å². The molecule has 0 fully saturated rings. The fourth-order valence-electron chi connectivity index (χ4n) is 7.40. The number of rotatable bonds is 3. The van der Waals surface area contributed by atoms with E-state index < -0.39 is 5.41 Å². The molecule has 1 aliphatic carbocycles. The fraction of sp³-hybridized carbons (Fsp3) is 0.0244. The molecule has 0 unspecified atom stereocenters. The van der Waals surface area contributed by atoms with Crippen LogP contribution < -0.4 is 4.74 Å². The molecule has 1 nitrogen and oxygen atoms in total.